The Morgan fingerprint density at radius 2 is 2.50 bits per heavy atom. The van der Waals surface area contributed by atoms with E-state index in [-0.39, 0.29) is 0 Å². The Kier molecular flexibility index (Phi) is 2.22. The molecule has 4 heteroatoms. The summed E-state index contributed by atoms with van der Waals surface area (Å²) in [6.45, 7) is 0. The maximum absolute atomic E-state index is 9.97. The average Bonchev–Trinajstić information content (AvgIpc) is 2.34. The molecule has 0 aliphatic carbocycles. The SMILES string of the molecule is [O-][NH+](O)C=Cc1ccco1. The number of rotatable bonds is 2. The van der Waals surface area contributed by atoms with Crippen LogP contribution >= 0.6 is 0 Å². The Balaban J connectivity index is 2.55. The summed E-state index contributed by atoms with van der Waals surface area (Å²) in [5.41, 5.74) is 0. The van der Waals surface area contributed by atoms with Gasteiger partial charge >= 0.3 is 0 Å². The highest BCUT2D eigenvalue weighted by Crippen LogP contribution is 1.99. The van der Waals surface area contributed by atoms with Crippen molar-refractivity contribution in [2.45, 2.75) is 0 Å². The Morgan fingerprint density at radius 1 is 1.70 bits per heavy atom. The number of furan rings is 1. The molecule has 0 spiro atoms. The van der Waals surface area contributed by atoms with E-state index in [0.717, 1.165) is 6.20 Å². The number of hydroxylamine groups is 2. The molecule has 10 heavy (non-hydrogen) atoms. The molecule has 1 unspecified atom stereocenters. The fraction of sp³-hybridized carbons (Fsp3) is 0. The molecule has 0 bridgehead atoms. The smallest absolute Gasteiger partial charge is 0.132 e. The molecule has 0 saturated heterocycles. The summed E-state index contributed by atoms with van der Waals surface area (Å²) >= 11 is 0. The summed E-state index contributed by atoms with van der Waals surface area (Å²) in [4.78, 5) is 0. The first kappa shape index (κ1) is 7.01. The van der Waals surface area contributed by atoms with Crippen LogP contribution in [0.5, 0.6) is 0 Å². The van der Waals surface area contributed by atoms with Crippen LogP contribution in [0.3, 0.4) is 0 Å². The average molecular weight is 141 g/mol. The molecule has 0 radical (unpaired) electrons. The van der Waals surface area contributed by atoms with Crippen molar-refractivity contribution in [3.05, 3.63) is 35.6 Å². The van der Waals surface area contributed by atoms with E-state index in [0.29, 0.717) is 5.76 Å². The third-order valence-corrected chi connectivity index (χ3v) is 0.933. The maximum atomic E-state index is 9.97. The molecular formula is C6H7NO3. The van der Waals surface area contributed by atoms with Gasteiger partial charge < -0.3 is 9.62 Å². The molecule has 0 aliphatic heterocycles. The van der Waals surface area contributed by atoms with Crippen molar-refractivity contribution < 1.29 is 14.9 Å². The third kappa shape index (κ3) is 2.02. The summed E-state index contributed by atoms with van der Waals surface area (Å²) < 4.78 is 4.83. The first-order valence-corrected chi connectivity index (χ1v) is 2.73. The van der Waals surface area contributed by atoms with Crippen molar-refractivity contribution in [3.63, 3.8) is 0 Å². The second-order valence-corrected chi connectivity index (χ2v) is 1.69. The van der Waals surface area contributed by atoms with E-state index in [4.69, 9.17) is 9.62 Å². The lowest BCUT2D eigenvalue weighted by Crippen LogP contribution is -2.99. The van der Waals surface area contributed by atoms with Crippen LogP contribution < -0.4 is 5.23 Å². The van der Waals surface area contributed by atoms with E-state index < -0.39 is 5.23 Å². The first-order valence-electron chi connectivity index (χ1n) is 2.73. The van der Waals surface area contributed by atoms with Gasteiger partial charge in [-0.25, -0.2) is 10.4 Å². The van der Waals surface area contributed by atoms with Crippen LogP contribution in [0.4, 0.5) is 0 Å². The molecule has 1 atom stereocenters. The second kappa shape index (κ2) is 3.17. The summed E-state index contributed by atoms with van der Waals surface area (Å²) in [6, 6.07) is 3.38. The standard InChI is InChI=1S/C6H7NO3/c8-7(9)4-3-6-2-1-5-10-6/h1-5,7-8H. The molecule has 2 N–H and O–H groups in total. The van der Waals surface area contributed by atoms with Gasteiger partial charge in [0.15, 0.2) is 0 Å². The van der Waals surface area contributed by atoms with Crippen LogP contribution in [0.15, 0.2) is 29.0 Å². The monoisotopic (exact) mass is 141 g/mol. The highest BCUT2D eigenvalue weighted by atomic mass is 16.8. The normalized spacial score (nSPS) is 14.2. The zero-order chi connectivity index (χ0) is 7.40. The Hall–Kier alpha value is -1.10. The summed E-state index contributed by atoms with van der Waals surface area (Å²) in [6.07, 6.45) is 3.91. The minimum absolute atomic E-state index is 0.544. The summed E-state index contributed by atoms with van der Waals surface area (Å²) in [5, 5.41) is 17.2. The molecule has 0 saturated carbocycles. The number of hydrogen-bond donors (Lipinski definition) is 2. The van der Waals surface area contributed by atoms with Crippen molar-refractivity contribution in [2.75, 3.05) is 0 Å². The minimum atomic E-state index is -0.976. The van der Waals surface area contributed by atoms with Gasteiger partial charge in [0, 0.05) is 6.08 Å². The molecule has 0 fully saturated rings. The van der Waals surface area contributed by atoms with Gasteiger partial charge in [-0.3, -0.25) is 0 Å². The lowest BCUT2D eigenvalue weighted by Gasteiger charge is -2.02. The summed E-state index contributed by atoms with van der Waals surface area (Å²) in [7, 11) is 0. The van der Waals surface area contributed by atoms with Gasteiger partial charge in [-0.1, -0.05) is 0 Å². The van der Waals surface area contributed by atoms with E-state index in [1.54, 1.807) is 12.1 Å². The Morgan fingerprint density at radius 3 is 3.00 bits per heavy atom. The van der Waals surface area contributed by atoms with E-state index >= 15 is 0 Å². The van der Waals surface area contributed by atoms with Gasteiger partial charge in [-0.05, 0) is 12.1 Å². The van der Waals surface area contributed by atoms with Crippen molar-refractivity contribution in [3.8, 4) is 0 Å². The van der Waals surface area contributed by atoms with Gasteiger partial charge in [0.1, 0.15) is 12.0 Å². The van der Waals surface area contributed by atoms with Crippen LogP contribution in [0, 0.1) is 5.21 Å². The Bertz CT molecular complexity index is 203. The largest absolute Gasteiger partial charge is 0.595 e. The van der Waals surface area contributed by atoms with Crippen LogP contribution in [-0.2, 0) is 0 Å². The predicted octanol–water partition coefficient (Wildman–Crippen LogP) is 0.0222. The van der Waals surface area contributed by atoms with Crippen LogP contribution in [-0.4, -0.2) is 5.21 Å². The van der Waals surface area contributed by atoms with Crippen LogP contribution in [0.1, 0.15) is 5.76 Å². The minimum Gasteiger partial charge on any atom is -0.595 e. The predicted molar refractivity (Wildman–Crippen MR) is 33.9 cm³/mol. The summed E-state index contributed by atoms with van der Waals surface area (Å²) in [5.74, 6) is 0.544. The van der Waals surface area contributed by atoms with Gasteiger partial charge in [0.05, 0.1) is 6.26 Å². The number of quaternary nitrogens is 1. The van der Waals surface area contributed by atoms with E-state index in [1.165, 1.54) is 12.3 Å². The number of hydrogen-bond acceptors (Lipinski definition) is 3. The van der Waals surface area contributed by atoms with Crippen LogP contribution in [0.25, 0.3) is 6.08 Å². The fourth-order valence-corrected chi connectivity index (χ4v) is 0.540. The first-order chi connectivity index (χ1) is 4.79. The van der Waals surface area contributed by atoms with Crippen molar-refractivity contribution in [1.82, 2.24) is 0 Å². The van der Waals surface area contributed by atoms with Gasteiger partial charge in [0.2, 0.25) is 0 Å². The van der Waals surface area contributed by atoms with E-state index in [9.17, 15) is 5.21 Å². The van der Waals surface area contributed by atoms with Crippen molar-refractivity contribution >= 4 is 6.08 Å². The Labute approximate surface area is 57.5 Å². The van der Waals surface area contributed by atoms with E-state index in [2.05, 4.69) is 0 Å². The third-order valence-electron chi connectivity index (χ3n) is 0.933. The molecule has 1 aromatic rings. The van der Waals surface area contributed by atoms with Gasteiger partial charge in [-0.15, -0.1) is 0 Å². The van der Waals surface area contributed by atoms with Crippen LogP contribution in [0.2, 0.25) is 0 Å². The van der Waals surface area contributed by atoms with Crippen molar-refractivity contribution in [2.24, 2.45) is 0 Å². The van der Waals surface area contributed by atoms with Gasteiger partial charge in [0.25, 0.3) is 0 Å². The molecule has 1 rings (SSSR count). The second-order valence-electron chi connectivity index (χ2n) is 1.69. The molecule has 0 amide bonds. The maximum Gasteiger partial charge on any atom is 0.132 e. The van der Waals surface area contributed by atoms with Gasteiger partial charge in [-0.2, -0.15) is 0 Å². The quantitative estimate of drug-likeness (QED) is 0.571. The van der Waals surface area contributed by atoms with Crippen molar-refractivity contribution in [1.29, 1.82) is 0 Å². The highest BCUT2D eigenvalue weighted by Gasteiger charge is 1.87. The molecular weight excluding hydrogens is 134 g/mol. The molecule has 1 aromatic heterocycles. The molecule has 0 aliphatic rings. The zero-order valence-electron chi connectivity index (χ0n) is 5.15. The molecule has 54 valence electrons. The molecule has 4 nitrogen and oxygen atoms in total. The lowest BCUT2D eigenvalue weighted by atomic mass is 10.4. The topological polar surface area (TPSA) is 60.9 Å². The highest BCUT2D eigenvalue weighted by molar-refractivity contribution is 5.39. The lowest BCUT2D eigenvalue weighted by molar-refractivity contribution is -1.00. The number of nitrogens with one attached hydrogen (secondary N) is 1. The molecule has 1 heterocycles. The van der Waals surface area contributed by atoms with E-state index in [1.807, 2.05) is 0 Å². The zero-order valence-corrected chi connectivity index (χ0v) is 5.15. The molecule has 0 aromatic carbocycles. The fourth-order valence-electron chi connectivity index (χ4n) is 0.540.